The third-order valence-electron chi connectivity index (χ3n) is 3.94. The molecule has 6 heteroatoms. The van der Waals surface area contributed by atoms with Crippen LogP contribution in [0.3, 0.4) is 0 Å². The molecule has 0 aliphatic rings. The van der Waals surface area contributed by atoms with Crippen molar-refractivity contribution in [1.82, 2.24) is 0 Å². The fraction of sp³-hybridized carbons (Fsp3) is 0.200. The molecular formula is C20H21NO5. The molecule has 0 saturated heterocycles. The van der Waals surface area contributed by atoms with Gasteiger partial charge in [0, 0.05) is 12.3 Å². The number of ether oxygens (including phenoxy) is 2. The van der Waals surface area contributed by atoms with E-state index in [2.05, 4.69) is 5.73 Å². The van der Waals surface area contributed by atoms with Gasteiger partial charge in [-0.15, -0.1) is 0 Å². The second-order valence-electron chi connectivity index (χ2n) is 5.54. The standard InChI is InChI=1S/C19H18O4.CH3NO/c1-11-9-13(21-3)5-6-14(11)15-7-8-17(22-4)19-16(15)10-18(23-19)12(2)20;2-1-3/h5-10H,1-4H3;1H,(H2,2,3). The Morgan fingerprint density at radius 1 is 1.08 bits per heavy atom. The van der Waals surface area contributed by atoms with Gasteiger partial charge in [-0.05, 0) is 53.9 Å². The second kappa shape index (κ2) is 8.20. The highest BCUT2D eigenvalue weighted by Gasteiger charge is 2.17. The van der Waals surface area contributed by atoms with Crippen molar-refractivity contribution in [2.45, 2.75) is 13.8 Å². The predicted molar refractivity (Wildman–Crippen MR) is 99.7 cm³/mol. The number of benzene rings is 2. The first kappa shape index (κ1) is 19.1. The van der Waals surface area contributed by atoms with Gasteiger partial charge in [0.15, 0.2) is 22.9 Å². The van der Waals surface area contributed by atoms with Crippen LogP contribution in [0.2, 0.25) is 0 Å². The van der Waals surface area contributed by atoms with E-state index in [9.17, 15) is 4.79 Å². The van der Waals surface area contributed by atoms with Crippen LogP contribution in [0, 0.1) is 6.92 Å². The number of hydrogen-bond acceptors (Lipinski definition) is 5. The Labute approximate surface area is 151 Å². The molecule has 0 aliphatic heterocycles. The van der Waals surface area contributed by atoms with Crippen LogP contribution >= 0.6 is 0 Å². The minimum Gasteiger partial charge on any atom is -0.497 e. The van der Waals surface area contributed by atoms with Crippen LogP contribution in [0.1, 0.15) is 23.0 Å². The largest absolute Gasteiger partial charge is 0.497 e. The van der Waals surface area contributed by atoms with Crippen molar-refractivity contribution < 1.29 is 23.5 Å². The number of Topliss-reactive ketones (excluding diaryl/α,β-unsaturated/α-hetero) is 1. The van der Waals surface area contributed by atoms with Gasteiger partial charge in [0.1, 0.15) is 5.75 Å². The number of nitrogens with two attached hydrogens (primary N) is 1. The van der Waals surface area contributed by atoms with Gasteiger partial charge < -0.3 is 19.6 Å². The molecule has 1 aromatic heterocycles. The van der Waals surface area contributed by atoms with Gasteiger partial charge >= 0.3 is 0 Å². The number of carbonyl (C=O) groups is 2. The summed E-state index contributed by atoms with van der Waals surface area (Å²) in [7, 11) is 3.23. The Morgan fingerprint density at radius 2 is 1.73 bits per heavy atom. The zero-order valence-corrected chi connectivity index (χ0v) is 15.2. The van der Waals surface area contributed by atoms with Crippen molar-refractivity contribution in [1.29, 1.82) is 0 Å². The van der Waals surface area contributed by atoms with E-state index in [4.69, 9.17) is 18.7 Å². The highest BCUT2D eigenvalue weighted by molar-refractivity contribution is 6.03. The van der Waals surface area contributed by atoms with Crippen LogP contribution in [-0.4, -0.2) is 26.4 Å². The summed E-state index contributed by atoms with van der Waals surface area (Å²) >= 11 is 0. The normalized spacial score (nSPS) is 10.0. The van der Waals surface area contributed by atoms with Crippen molar-refractivity contribution in [2.24, 2.45) is 5.73 Å². The molecule has 2 aromatic carbocycles. The molecule has 0 bridgehead atoms. The van der Waals surface area contributed by atoms with Crippen LogP contribution in [0.5, 0.6) is 11.5 Å². The Bertz CT molecular complexity index is 943. The van der Waals surface area contributed by atoms with Gasteiger partial charge in [0.2, 0.25) is 6.41 Å². The van der Waals surface area contributed by atoms with Crippen LogP contribution in [-0.2, 0) is 4.79 Å². The summed E-state index contributed by atoms with van der Waals surface area (Å²) < 4.78 is 16.3. The molecule has 0 radical (unpaired) electrons. The first-order valence-corrected chi connectivity index (χ1v) is 7.88. The molecule has 3 rings (SSSR count). The van der Waals surface area contributed by atoms with Gasteiger partial charge in [0.05, 0.1) is 14.2 Å². The number of rotatable bonds is 4. The van der Waals surface area contributed by atoms with Gasteiger partial charge in [0.25, 0.3) is 0 Å². The van der Waals surface area contributed by atoms with Crippen molar-refractivity contribution in [3.05, 3.63) is 47.7 Å². The molecule has 0 spiro atoms. The van der Waals surface area contributed by atoms with Gasteiger partial charge in [-0.3, -0.25) is 9.59 Å². The van der Waals surface area contributed by atoms with Crippen LogP contribution in [0.4, 0.5) is 0 Å². The number of amides is 1. The minimum absolute atomic E-state index is 0.111. The maximum Gasteiger partial charge on any atom is 0.204 e. The molecule has 136 valence electrons. The summed E-state index contributed by atoms with van der Waals surface area (Å²) in [6.45, 7) is 3.52. The number of furan rings is 1. The zero-order chi connectivity index (χ0) is 19.3. The summed E-state index contributed by atoms with van der Waals surface area (Å²) in [5, 5.41) is 0.864. The average molecular weight is 355 g/mol. The fourth-order valence-electron chi connectivity index (χ4n) is 2.73. The summed E-state index contributed by atoms with van der Waals surface area (Å²) in [4.78, 5) is 20.2. The summed E-state index contributed by atoms with van der Waals surface area (Å²) in [5.41, 5.74) is 7.90. The van der Waals surface area contributed by atoms with E-state index < -0.39 is 0 Å². The first-order valence-electron chi connectivity index (χ1n) is 7.88. The van der Waals surface area contributed by atoms with E-state index in [1.165, 1.54) is 6.92 Å². The summed E-state index contributed by atoms with van der Waals surface area (Å²) in [5.74, 6) is 1.65. The quantitative estimate of drug-likeness (QED) is 0.569. The Hall–Kier alpha value is -3.28. The van der Waals surface area contributed by atoms with Gasteiger partial charge in [-0.25, -0.2) is 0 Å². The summed E-state index contributed by atoms with van der Waals surface area (Å²) in [6, 6.07) is 11.5. The van der Waals surface area contributed by atoms with Crippen LogP contribution < -0.4 is 15.2 Å². The molecule has 6 nitrogen and oxygen atoms in total. The van der Waals surface area contributed by atoms with Crippen LogP contribution in [0.25, 0.3) is 22.1 Å². The van der Waals surface area contributed by atoms with Crippen molar-refractivity contribution in [3.8, 4) is 22.6 Å². The van der Waals surface area contributed by atoms with E-state index in [1.807, 2.05) is 37.3 Å². The number of aryl methyl sites for hydroxylation is 1. The number of fused-ring (bicyclic) bond motifs is 1. The molecule has 1 amide bonds. The lowest BCUT2D eigenvalue weighted by Crippen LogP contribution is -1.89. The van der Waals surface area contributed by atoms with Crippen molar-refractivity contribution in [2.75, 3.05) is 14.2 Å². The number of methoxy groups -OCH3 is 2. The van der Waals surface area contributed by atoms with Crippen molar-refractivity contribution in [3.63, 3.8) is 0 Å². The maximum absolute atomic E-state index is 11.7. The Balaban J connectivity index is 0.000000758. The molecule has 3 aromatic rings. The lowest BCUT2D eigenvalue weighted by atomic mass is 9.97. The smallest absolute Gasteiger partial charge is 0.204 e. The van der Waals surface area contributed by atoms with E-state index in [0.717, 1.165) is 27.8 Å². The topological polar surface area (TPSA) is 91.8 Å². The molecule has 0 saturated carbocycles. The van der Waals surface area contributed by atoms with Crippen LogP contribution in [0.15, 0.2) is 40.8 Å². The predicted octanol–water partition coefficient (Wildman–Crippen LogP) is 3.73. The Kier molecular flexibility index (Phi) is 6.01. The number of ketones is 1. The molecule has 0 fully saturated rings. The number of carbonyl (C=O) groups excluding carboxylic acids is 2. The van der Waals surface area contributed by atoms with Gasteiger partial charge in [-0.2, -0.15) is 0 Å². The lowest BCUT2D eigenvalue weighted by molar-refractivity contribution is -0.106. The molecular weight excluding hydrogens is 334 g/mol. The lowest BCUT2D eigenvalue weighted by Gasteiger charge is -2.10. The molecule has 0 aliphatic carbocycles. The van der Waals surface area contributed by atoms with E-state index >= 15 is 0 Å². The molecule has 26 heavy (non-hydrogen) atoms. The SMILES string of the molecule is COc1ccc(-c2ccc(OC)c3oc(C(C)=O)cc23)c(C)c1.NC=O. The van der Waals surface area contributed by atoms with Gasteiger partial charge in [-0.1, -0.05) is 6.07 Å². The average Bonchev–Trinajstić information content (AvgIpc) is 3.07. The highest BCUT2D eigenvalue weighted by Crippen LogP contribution is 2.38. The van der Waals surface area contributed by atoms with E-state index in [1.54, 1.807) is 20.3 Å². The zero-order valence-electron chi connectivity index (χ0n) is 15.2. The molecule has 0 atom stereocenters. The third kappa shape index (κ3) is 3.69. The molecule has 0 unspecified atom stereocenters. The monoisotopic (exact) mass is 355 g/mol. The molecule has 2 N–H and O–H groups in total. The number of primary amides is 1. The van der Waals surface area contributed by atoms with E-state index in [0.29, 0.717) is 17.1 Å². The first-order chi connectivity index (χ1) is 12.5. The Morgan fingerprint density at radius 3 is 2.27 bits per heavy atom. The maximum atomic E-state index is 11.7. The number of hydrogen-bond donors (Lipinski definition) is 1. The summed E-state index contributed by atoms with van der Waals surface area (Å²) in [6.07, 6.45) is 0.250. The molecule has 1 heterocycles. The highest BCUT2D eigenvalue weighted by atomic mass is 16.5. The minimum atomic E-state index is -0.111. The third-order valence-corrected chi connectivity index (χ3v) is 3.94. The second-order valence-corrected chi connectivity index (χ2v) is 5.54. The van der Waals surface area contributed by atoms with E-state index in [-0.39, 0.29) is 12.2 Å². The fourth-order valence-corrected chi connectivity index (χ4v) is 2.73. The van der Waals surface area contributed by atoms with Crippen molar-refractivity contribution >= 4 is 23.2 Å².